The second-order valence-corrected chi connectivity index (χ2v) is 9.69. The van der Waals surface area contributed by atoms with Gasteiger partial charge in [-0.15, -0.1) is 0 Å². The van der Waals surface area contributed by atoms with Crippen LogP contribution in [0, 0.1) is 17.6 Å². The van der Waals surface area contributed by atoms with E-state index in [1.165, 1.54) is 30.0 Å². The lowest BCUT2D eigenvalue weighted by Crippen LogP contribution is -2.66. The number of fused-ring (bicyclic) bond motifs is 3. The second kappa shape index (κ2) is 8.90. The Morgan fingerprint density at radius 1 is 1.12 bits per heavy atom. The van der Waals surface area contributed by atoms with Gasteiger partial charge in [0.1, 0.15) is 11.6 Å². The lowest BCUT2D eigenvalue weighted by atomic mass is 9.81. The molecule has 2 heterocycles. The minimum absolute atomic E-state index is 0.0584. The number of nitrogens with zero attached hydrogens (tertiary/aromatic N) is 3. The minimum atomic E-state index is -0.412. The van der Waals surface area contributed by atoms with Gasteiger partial charge in [0, 0.05) is 28.9 Å². The second-order valence-electron chi connectivity index (χ2n) is 8.34. The van der Waals surface area contributed by atoms with E-state index in [0.717, 1.165) is 36.4 Å². The number of hydrogen-bond donors (Lipinski definition) is 1. The van der Waals surface area contributed by atoms with Crippen molar-refractivity contribution in [3.63, 3.8) is 0 Å². The van der Waals surface area contributed by atoms with E-state index in [-0.39, 0.29) is 29.5 Å². The molecule has 0 aromatic heterocycles. The standard InChI is InChI=1S/C23H23ClF2N4OS/c24-18-5-3-6-19(26)17(18)13-32-23-28-27-22-29(12-14-8-10-15(25)11-9-14)21(31)16-4-1-2-7-20(16)30(22)23/h3,5-6,8-11,16,20,22,27H,1-2,4,7,12-13H2. The van der Waals surface area contributed by atoms with Crippen molar-refractivity contribution in [1.29, 1.82) is 0 Å². The molecule has 9 heteroatoms. The summed E-state index contributed by atoms with van der Waals surface area (Å²) in [7, 11) is 0. The molecule has 0 spiro atoms. The van der Waals surface area contributed by atoms with Crippen LogP contribution >= 0.6 is 23.4 Å². The van der Waals surface area contributed by atoms with Crippen LogP contribution in [0.1, 0.15) is 36.8 Å². The van der Waals surface area contributed by atoms with Crippen LogP contribution in [-0.4, -0.2) is 33.2 Å². The number of thioether (sulfide) groups is 1. The molecule has 1 saturated heterocycles. The van der Waals surface area contributed by atoms with E-state index in [1.54, 1.807) is 29.2 Å². The largest absolute Gasteiger partial charge is 0.307 e. The van der Waals surface area contributed by atoms with Gasteiger partial charge in [0.15, 0.2) is 11.5 Å². The maximum atomic E-state index is 14.3. The van der Waals surface area contributed by atoms with E-state index in [1.807, 2.05) is 0 Å². The lowest BCUT2D eigenvalue weighted by Gasteiger charge is -2.50. The van der Waals surface area contributed by atoms with Crippen LogP contribution in [0.2, 0.25) is 5.02 Å². The summed E-state index contributed by atoms with van der Waals surface area (Å²) in [4.78, 5) is 17.4. The van der Waals surface area contributed by atoms with Gasteiger partial charge >= 0.3 is 0 Å². The summed E-state index contributed by atoms with van der Waals surface area (Å²) < 4.78 is 27.6. The zero-order valence-corrected chi connectivity index (χ0v) is 18.9. The van der Waals surface area contributed by atoms with Gasteiger partial charge in [0.2, 0.25) is 5.91 Å². The zero-order chi connectivity index (χ0) is 22.2. The Hall–Kier alpha value is -2.32. The Balaban J connectivity index is 1.39. The molecule has 3 atom stereocenters. The summed E-state index contributed by atoms with van der Waals surface area (Å²) in [5, 5.41) is 5.65. The van der Waals surface area contributed by atoms with E-state index in [4.69, 9.17) is 11.6 Å². The molecular weight excluding hydrogens is 454 g/mol. The number of hydrogen-bond acceptors (Lipinski definition) is 5. The number of amidine groups is 1. The number of carbonyl (C=O) groups excluding carboxylic acids is 1. The monoisotopic (exact) mass is 476 g/mol. The number of benzene rings is 2. The van der Waals surface area contributed by atoms with Crippen LogP contribution in [0.3, 0.4) is 0 Å². The van der Waals surface area contributed by atoms with Crippen molar-refractivity contribution in [3.05, 3.63) is 70.2 Å². The Morgan fingerprint density at radius 2 is 1.91 bits per heavy atom. The topological polar surface area (TPSA) is 47.9 Å². The third-order valence-corrected chi connectivity index (χ3v) is 7.76. The molecular formula is C23H23ClF2N4OS. The molecule has 1 amide bonds. The molecule has 5 rings (SSSR count). The fraction of sp³-hybridized carbons (Fsp3) is 0.391. The summed E-state index contributed by atoms with van der Waals surface area (Å²) in [6.07, 6.45) is 3.42. The summed E-state index contributed by atoms with van der Waals surface area (Å²) in [6.45, 7) is 0.364. The van der Waals surface area contributed by atoms with Gasteiger partial charge in [0.05, 0.1) is 5.92 Å². The van der Waals surface area contributed by atoms with Crippen molar-refractivity contribution < 1.29 is 13.6 Å². The van der Waals surface area contributed by atoms with Crippen molar-refractivity contribution in [2.75, 3.05) is 0 Å². The molecule has 1 aliphatic carbocycles. The molecule has 3 aliphatic rings. The van der Waals surface area contributed by atoms with Gasteiger partial charge in [0.25, 0.3) is 0 Å². The van der Waals surface area contributed by atoms with Crippen LogP contribution in [0.15, 0.2) is 47.6 Å². The van der Waals surface area contributed by atoms with Gasteiger partial charge in [-0.05, 0) is 42.7 Å². The van der Waals surface area contributed by atoms with Crippen molar-refractivity contribution in [1.82, 2.24) is 15.2 Å². The smallest absolute Gasteiger partial charge is 0.231 e. The highest BCUT2D eigenvalue weighted by atomic mass is 35.5. The summed E-state index contributed by atoms with van der Waals surface area (Å²) >= 11 is 7.62. The van der Waals surface area contributed by atoms with E-state index in [0.29, 0.717) is 22.9 Å². The van der Waals surface area contributed by atoms with Crippen molar-refractivity contribution in [3.8, 4) is 0 Å². The fourth-order valence-electron chi connectivity index (χ4n) is 4.81. The summed E-state index contributed by atoms with van der Waals surface area (Å²) in [5.41, 5.74) is 4.42. The highest BCUT2D eigenvalue weighted by Gasteiger charge is 2.50. The highest BCUT2D eigenvalue weighted by molar-refractivity contribution is 8.13. The van der Waals surface area contributed by atoms with E-state index in [9.17, 15) is 13.6 Å². The van der Waals surface area contributed by atoms with Crippen molar-refractivity contribution >= 4 is 34.4 Å². The average Bonchev–Trinajstić information content (AvgIpc) is 3.21. The van der Waals surface area contributed by atoms with Gasteiger partial charge < -0.3 is 4.90 Å². The first-order chi connectivity index (χ1) is 15.5. The number of nitrogens with one attached hydrogen (secondary N) is 1. The lowest BCUT2D eigenvalue weighted by molar-refractivity contribution is -0.156. The third kappa shape index (κ3) is 3.94. The van der Waals surface area contributed by atoms with Crippen LogP contribution in [-0.2, 0) is 17.1 Å². The average molecular weight is 477 g/mol. The zero-order valence-electron chi connectivity index (χ0n) is 17.3. The number of amides is 1. The van der Waals surface area contributed by atoms with E-state index >= 15 is 0 Å². The molecule has 168 valence electrons. The normalized spacial score (nSPS) is 24.7. The highest BCUT2D eigenvalue weighted by Crippen LogP contribution is 2.40. The van der Waals surface area contributed by atoms with Gasteiger partial charge in [-0.3, -0.25) is 15.1 Å². The first-order valence-corrected chi connectivity index (χ1v) is 12.1. The fourth-order valence-corrected chi connectivity index (χ4v) is 6.19. The molecule has 32 heavy (non-hydrogen) atoms. The van der Waals surface area contributed by atoms with Gasteiger partial charge in [-0.2, -0.15) is 5.10 Å². The van der Waals surface area contributed by atoms with Crippen LogP contribution in [0.4, 0.5) is 8.78 Å². The molecule has 5 nitrogen and oxygen atoms in total. The molecule has 2 aliphatic heterocycles. The van der Waals surface area contributed by atoms with Crippen LogP contribution in [0.5, 0.6) is 0 Å². The molecule has 3 unspecified atom stereocenters. The molecule has 0 bridgehead atoms. The predicted octanol–water partition coefficient (Wildman–Crippen LogP) is 4.91. The molecule has 1 saturated carbocycles. The van der Waals surface area contributed by atoms with Crippen LogP contribution in [0.25, 0.3) is 0 Å². The van der Waals surface area contributed by atoms with E-state index < -0.39 is 6.29 Å². The first kappa shape index (κ1) is 21.5. The Labute approximate surface area is 194 Å². The molecule has 1 N–H and O–H groups in total. The first-order valence-electron chi connectivity index (χ1n) is 10.7. The number of carbonyl (C=O) groups is 1. The number of rotatable bonds is 4. The maximum absolute atomic E-state index is 14.3. The predicted molar refractivity (Wildman–Crippen MR) is 122 cm³/mol. The number of halogens is 3. The molecule has 2 aromatic rings. The van der Waals surface area contributed by atoms with Gasteiger partial charge in [-0.25, -0.2) is 8.78 Å². The number of hydrazone groups is 1. The molecule has 0 radical (unpaired) electrons. The minimum Gasteiger partial charge on any atom is -0.307 e. The Morgan fingerprint density at radius 3 is 2.69 bits per heavy atom. The Bertz CT molecular complexity index is 1030. The summed E-state index contributed by atoms with van der Waals surface area (Å²) in [6, 6.07) is 10.9. The third-order valence-electron chi connectivity index (χ3n) is 6.42. The Kier molecular flexibility index (Phi) is 5.99. The van der Waals surface area contributed by atoms with Gasteiger partial charge in [-0.1, -0.05) is 54.4 Å². The molecule has 2 aromatic carbocycles. The summed E-state index contributed by atoms with van der Waals surface area (Å²) in [5.74, 6) is -0.302. The van der Waals surface area contributed by atoms with Crippen LogP contribution < -0.4 is 5.43 Å². The van der Waals surface area contributed by atoms with E-state index in [2.05, 4.69) is 15.4 Å². The van der Waals surface area contributed by atoms with Crippen molar-refractivity contribution in [2.24, 2.45) is 11.0 Å². The van der Waals surface area contributed by atoms with Crippen molar-refractivity contribution in [2.45, 2.75) is 50.3 Å². The SMILES string of the molecule is O=C1C2CCCCC2N2C(SCc3c(F)cccc3Cl)=NNC2N1Cc1ccc(F)cc1. The quantitative estimate of drug-likeness (QED) is 0.681. The maximum Gasteiger partial charge on any atom is 0.231 e. The molecule has 2 fully saturated rings.